The van der Waals surface area contributed by atoms with Crippen molar-refractivity contribution in [3.05, 3.63) is 0 Å². The first-order chi connectivity index (χ1) is 6.11. The quantitative estimate of drug-likeness (QED) is 0.395. The third kappa shape index (κ3) is 0.897. The number of carboxylic acid groups (broad SMARTS) is 1. The number of amides is 2. The maximum absolute atomic E-state index is 11.1. The van der Waals surface area contributed by atoms with Gasteiger partial charge in [0, 0.05) is 0 Å². The van der Waals surface area contributed by atoms with Gasteiger partial charge < -0.3 is 5.11 Å². The molecule has 0 radical (unpaired) electrons. The second kappa shape index (κ2) is 2.28. The van der Waals surface area contributed by atoms with Gasteiger partial charge in [0.1, 0.15) is 12.0 Å². The van der Waals surface area contributed by atoms with E-state index in [1.807, 2.05) is 5.32 Å². The highest BCUT2D eigenvalue weighted by molar-refractivity contribution is 6.43. The Morgan fingerprint density at radius 1 is 1.38 bits per heavy atom. The van der Waals surface area contributed by atoms with Crippen LogP contribution in [0.15, 0.2) is 5.10 Å². The summed E-state index contributed by atoms with van der Waals surface area (Å²) in [7, 11) is 0. The monoisotopic (exact) mass is 183 g/mol. The summed E-state index contributed by atoms with van der Waals surface area (Å²) >= 11 is 0. The molecule has 0 bridgehead atoms. The molecule has 3 N–H and O–H groups in total. The highest BCUT2D eigenvalue weighted by Crippen LogP contribution is 2.18. The standard InChI is InChI=1S/C6H5N3O4/c10-4-1-2(5(11)7-4)8-9-3(1)6(12)13/h1-2,8H,(H,12,13)(H,7,10,11). The molecule has 7 heteroatoms. The molecule has 2 atom stereocenters. The van der Waals surface area contributed by atoms with Crippen LogP contribution in [0.3, 0.4) is 0 Å². The summed E-state index contributed by atoms with van der Waals surface area (Å²) in [5.41, 5.74) is 1.99. The lowest BCUT2D eigenvalue weighted by Gasteiger charge is -2.01. The third-order valence-corrected chi connectivity index (χ3v) is 1.98. The molecule has 0 spiro atoms. The van der Waals surface area contributed by atoms with E-state index < -0.39 is 29.7 Å². The number of carboxylic acids is 1. The molecule has 1 saturated heterocycles. The van der Waals surface area contributed by atoms with Gasteiger partial charge in [-0.25, -0.2) is 4.79 Å². The van der Waals surface area contributed by atoms with Gasteiger partial charge in [0.05, 0.1) is 0 Å². The first-order valence-electron chi connectivity index (χ1n) is 3.52. The number of fused-ring (bicyclic) bond motifs is 1. The minimum Gasteiger partial charge on any atom is -0.477 e. The van der Waals surface area contributed by atoms with Crippen LogP contribution in [-0.2, 0) is 14.4 Å². The molecule has 2 amide bonds. The normalized spacial score (nSPS) is 30.6. The Balaban J connectivity index is 2.34. The van der Waals surface area contributed by atoms with Gasteiger partial charge in [-0.2, -0.15) is 5.10 Å². The largest absolute Gasteiger partial charge is 0.477 e. The molecular weight excluding hydrogens is 178 g/mol. The van der Waals surface area contributed by atoms with E-state index in [0.29, 0.717) is 0 Å². The second-order valence-electron chi connectivity index (χ2n) is 2.74. The van der Waals surface area contributed by atoms with Crippen molar-refractivity contribution in [2.24, 2.45) is 11.0 Å². The molecule has 2 aliphatic rings. The minimum atomic E-state index is -1.29. The number of nitrogens with zero attached hydrogens (tertiary/aromatic N) is 1. The fourth-order valence-corrected chi connectivity index (χ4v) is 1.38. The average Bonchev–Trinajstić information content (AvgIpc) is 2.55. The Labute approximate surface area is 71.8 Å². The minimum absolute atomic E-state index is 0.312. The van der Waals surface area contributed by atoms with Gasteiger partial charge in [-0.05, 0) is 0 Å². The molecular formula is C6H5N3O4. The summed E-state index contributed by atoms with van der Waals surface area (Å²) in [6.45, 7) is 0. The predicted octanol–water partition coefficient (Wildman–Crippen LogP) is -2.33. The Morgan fingerprint density at radius 2 is 2.08 bits per heavy atom. The molecule has 0 aromatic carbocycles. The van der Waals surface area contributed by atoms with Gasteiger partial charge in [0.2, 0.25) is 5.91 Å². The van der Waals surface area contributed by atoms with Gasteiger partial charge in [-0.15, -0.1) is 0 Å². The molecule has 2 aliphatic heterocycles. The van der Waals surface area contributed by atoms with Gasteiger partial charge in [0.15, 0.2) is 5.71 Å². The Hall–Kier alpha value is -1.92. The van der Waals surface area contributed by atoms with Crippen LogP contribution < -0.4 is 10.7 Å². The Bertz CT molecular complexity index is 348. The molecule has 0 aromatic heterocycles. The van der Waals surface area contributed by atoms with E-state index in [-0.39, 0.29) is 5.71 Å². The number of aliphatic carboxylic acids is 1. The number of rotatable bonds is 1. The van der Waals surface area contributed by atoms with E-state index in [4.69, 9.17) is 5.11 Å². The van der Waals surface area contributed by atoms with Crippen molar-refractivity contribution < 1.29 is 19.5 Å². The second-order valence-corrected chi connectivity index (χ2v) is 2.74. The molecule has 2 heterocycles. The Kier molecular flexibility index (Phi) is 1.35. The zero-order valence-electron chi connectivity index (χ0n) is 6.27. The highest BCUT2D eigenvalue weighted by Gasteiger charge is 2.50. The lowest BCUT2D eigenvalue weighted by Crippen LogP contribution is -2.34. The zero-order valence-corrected chi connectivity index (χ0v) is 6.27. The van der Waals surface area contributed by atoms with Gasteiger partial charge in [-0.1, -0.05) is 0 Å². The number of hydrazone groups is 1. The zero-order chi connectivity index (χ0) is 9.59. The number of carbonyl (C=O) groups is 3. The van der Waals surface area contributed by atoms with E-state index in [1.165, 1.54) is 0 Å². The van der Waals surface area contributed by atoms with Crippen molar-refractivity contribution in [3.63, 3.8) is 0 Å². The maximum atomic E-state index is 11.1. The van der Waals surface area contributed by atoms with Gasteiger partial charge in [0.25, 0.3) is 5.91 Å². The summed E-state index contributed by atoms with van der Waals surface area (Å²) in [6, 6.07) is -0.849. The summed E-state index contributed by atoms with van der Waals surface area (Å²) < 4.78 is 0. The smallest absolute Gasteiger partial charge is 0.352 e. The van der Waals surface area contributed by atoms with Crippen molar-refractivity contribution in [2.75, 3.05) is 0 Å². The molecule has 2 rings (SSSR count). The SMILES string of the molecule is O=C(O)C1=NNC2C(=O)NC(=O)C12. The number of hydrogen-bond donors (Lipinski definition) is 3. The van der Waals surface area contributed by atoms with E-state index >= 15 is 0 Å². The number of imide groups is 1. The number of hydrogen-bond acceptors (Lipinski definition) is 5. The highest BCUT2D eigenvalue weighted by atomic mass is 16.4. The van der Waals surface area contributed by atoms with E-state index in [1.54, 1.807) is 0 Å². The van der Waals surface area contributed by atoms with Crippen molar-refractivity contribution in [2.45, 2.75) is 6.04 Å². The van der Waals surface area contributed by atoms with Gasteiger partial charge >= 0.3 is 5.97 Å². The molecule has 68 valence electrons. The molecule has 0 aromatic rings. The molecule has 0 saturated carbocycles. The van der Waals surface area contributed by atoms with Crippen molar-refractivity contribution >= 4 is 23.5 Å². The summed E-state index contributed by atoms with van der Waals surface area (Å²) in [4.78, 5) is 32.6. The van der Waals surface area contributed by atoms with Crippen LogP contribution in [-0.4, -0.2) is 34.6 Å². The fourth-order valence-electron chi connectivity index (χ4n) is 1.38. The number of carbonyl (C=O) groups excluding carboxylic acids is 2. The van der Waals surface area contributed by atoms with Crippen molar-refractivity contribution in [1.29, 1.82) is 0 Å². The van der Waals surface area contributed by atoms with Crippen LogP contribution in [0.4, 0.5) is 0 Å². The van der Waals surface area contributed by atoms with Crippen LogP contribution in [0.1, 0.15) is 0 Å². The topological polar surface area (TPSA) is 108 Å². The summed E-state index contributed by atoms with van der Waals surface area (Å²) in [6.07, 6.45) is 0. The molecule has 7 nitrogen and oxygen atoms in total. The van der Waals surface area contributed by atoms with E-state index in [2.05, 4.69) is 10.5 Å². The third-order valence-electron chi connectivity index (χ3n) is 1.98. The lowest BCUT2D eigenvalue weighted by atomic mass is 9.99. The first kappa shape index (κ1) is 7.71. The van der Waals surface area contributed by atoms with Crippen LogP contribution in [0, 0.1) is 5.92 Å². The van der Waals surface area contributed by atoms with E-state index in [9.17, 15) is 14.4 Å². The van der Waals surface area contributed by atoms with E-state index in [0.717, 1.165) is 0 Å². The van der Waals surface area contributed by atoms with Gasteiger partial charge in [-0.3, -0.25) is 20.3 Å². The Morgan fingerprint density at radius 3 is 2.69 bits per heavy atom. The van der Waals surface area contributed by atoms with Crippen LogP contribution in [0.5, 0.6) is 0 Å². The molecule has 2 unspecified atom stereocenters. The van der Waals surface area contributed by atoms with Crippen molar-refractivity contribution in [1.82, 2.24) is 10.7 Å². The molecule has 13 heavy (non-hydrogen) atoms. The first-order valence-corrected chi connectivity index (χ1v) is 3.52. The summed E-state index contributed by atoms with van der Waals surface area (Å²) in [5.74, 6) is -3.41. The molecule has 1 fully saturated rings. The summed E-state index contributed by atoms with van der Waals surface area (Å²) in [5, 5.41) is 14.0. The predicted molar refractivity (Wildman–Crippen MR) is 38.6 cm³/mol. The van der Waals surface area contributed by atoms with Crippen molar-refractivity contribution in [3.8, 4) is 0 Å². The molecule has 0 aliphatic carbocycles. The van der Waals surface area contributed by atoms with Crippen LogP contribution in [0.25, 0.3) is 0 Å². The lowest BCUT2D eigenvalue weighted by molar-refractivity contribution is -0.131. The maximum Gasteiger partial charge on any atom is 0.352 e. The number of nitrogens with one attached hydrogen (secondary N) is 2. The van der Waals surface area contributed by atoms with Crippen LogP contribution in [0.2, 0.25) is 0 Å². The van der Waals surface area contributed by atoms with Crippen LogP contribution >= 0.6 is 0 Å². The average molecular weight is 183 g/mol. The fraction of sp³-hybridized carbons (Fsp3) is 0.333.